The topological polar surface area (TPSA) is 30.5 Å². The maximum Gasteiger partial charge on any atom is 0.167 e. The molecule has 0 amide bonds. The summed E-state index contributed by atoms with van der Waals surface area (Å²) in [5.41, 5.74) is 1.11. The van der Waals surface area contributed by atoms with Crippen molar-refractivity contribution in [3.63, 3.8) is 0 Å². The maximum absolute atomic E-state index is 13.7. The highest BCUT2D eigenvalue weighted by atomic mass is 19.1. The predicted octanol–water partition coefficient (Wildman–Crippen LogP) is 3.59. The quantitative estimate of drug-likeness (QED) is 0.893. The molecule has 0 radical (unpaired) electrons. The third-order valence-corrected chi connectivity index (χ3v) is 4.93. The molecule has 2 saturated carbocycles. The van der Waals surface area contributed by atoms with Gasteiger partial charge in [-0.3, -0.25) is 0 Å². The first-order chi connectivity index (χ1) is 9.69. The normalized spacial score (nSPS) is 26.8. The summed E-state index contributed by atoms with van der Waals surface area (Å²) in [5.74, 6) is -0.0319. The minimum Gasteiger partial charge on any atom is -0.494 e. The van der Waals surface area contributed by atoms with Gasteiger partial charge in [0.2, 0.25) is 0 Å². The Morgan fingerprint density at radius 3 is 2.75 bits per heavy atom. The molecule has 20 heavy (non-hydrogen) atoms. The van der Waals surface area contributed by atoms with Gasteiger partial charge in [-0.25, -0.2) is 4.39 Å². The second kappa shape index (κ2) is 5.24. The fraction of sp³-hybridized carbons (Fsp3) is 0.625. The maximum atomic E-state index is 13.7. The fourth-order valence-electron chi connectivity index (χ4n) is 3.60. The number of halogens is 1. The second-order valence-electron chi connectivity index (χ2n) is 5.81. The first-order valence-electron chi connectivity index (χ1n) is 7.41. The van der Waals surface area contributed by atoms with Crippen LogP contribution in [0.4, 0.5) is 10.1 Å². The summed E-state index contributed by atoms with van der Waals surface area (Å²) in [6, 6.07) is 5.46. The second-order valence-corrected chi connectivity index (χ2v) is 5.81. The Balaban J connectivity index is 1.68. The SMILES string of the molecule is CCOC1CC(Nc2ccc(OC)c(F)c2)C12CCC2. The molecule has 1 aromatic carbocycles. The van der Waals surface area contributed by atoms with Gasteiger partial charge in [0.25, 0.3) is 0 Å². The zero-order valence-electron chi connectivity index (χ0n) is 12.1. The van der Waals surface area contributed by atoms with Crippen LogP contribution < -0.4 is 10.1 Å². The number of rotatable bonds is 5. The van der Waals surface area contributed by atoms with E-state index in [4.69, 9.17) is 9.47 Å². The lowest BCUT2D eigenvalue weighted by molar-refractivity contribution is -0.157. The van der Waals surface area contributed by atoms with Crippen LogP contribution in [0.5, 0.6) is 5.75 Å². The largest absolute Gasteiger partial charge is 0.494 e. The number of hydrogen-bond donors (Lipinski definition) is 1. The zero-order chi connectivity index (χ0) is 14.2. The monoisotopic (exact) mass is 279 g/mol. The van der Waals surface area contributed by atoms with Crippen LogP contribution in [0.1, 0.15) is 32.6 Å². The van der Waals surface area contributed by atoms with Gasteiger partial charge in [0, 0.05) is 29.8 Å². The van der Waals surface area contributed by atoms with E-state index in [0.717, 1.165) is 18.7 Å². The van der Waals surface area contributed by atoms with Gasteiger partial charge in [0.1, 0.15) is 0 Å². The van der Waals surface area contributed by atoms with Gasteiger partial charge in [-0.05, 0) is 38.3 Å². The van der Waals surface area contributed by atoms with E-state index in [0.29, 0.717) is 12.1 Å². The molecular weight excluding hydrogens is 257 g/mol. The molecule has 2 aliphatic rings. The average Bonchev–Trinajstić information content (AvgIpc) is 2.35. The standard InChI is InChI=1S/C16H22FNO2/c1-3-20-15-10-14(16(15)7-4-8-16)18-11-5-6-13(19-2)12(17)9-11/h5-6,9,14-15,18H,3-4,7-8,10H2,1-2H3. The number of ether oxygens (including phenoxy) is 2. The lowest BCUT2D eigenvalue weighted by Crippen LogP contribution is -2.64. The highest BCUT2D eigenvalue weighted by Crippen LogP contribution is 2.58. The van der Waals surface area contributed by atoms with Gasteiger partial charge in [-0.15, -0.1) is 0 Å². The molecule has 2 fully saturated rings. The van der Waals surface area contributed by atoms with Crippen molar-refractivity contribution in [1.29, 1.82) is 0 Å². The van der Waals surface area contributed by atoms with Crippen molar-refractivity contribution in [2.24, 2.45) is 5.41 Å². The fourth-order valence-corrected chi connectivity index (χ4v) is 3.60. The molecule has 1 N–H and O–H groups in total. The molecule has 0 aliphatic heterocycles. The Morgan fingerprint density at radius 2 is 2.20 bits per heavy atom. The molecule has 0 saturated heterocycles. The van der Waals surface area contributed by atoms with Crippen LogP contribution in [0.25, 0.3) is 0 Å². The molecule has 3 rings (SSSR count). The van der Waals surface area contributed by atoms with E-state index in [1.807, 2.05) is 13.0 Å². The summed E-state index contributed by atoms with van der Waals surface area (Å²) < 4.78 is 24.5. The summed E-state index contributed by atoms with van der Waals surface area (Å²) in [6.07, 6.45) is 5.10. The number of benzene rings is 1. The highest BCUT2D eigenvalue weighted by molar-refractivity contribution is 5.49. The molecule has 110 valence electrons. The predicted molar refractivity (Wildman–Crippen MR) is 76.7 cm³/mol. The molecule has 1 spiro atoms. The van der Waals surface area contributed by atoms with Gasteiger partial charge >= 0.3 is 0 Å². The molecule has 2 aliphatic carbocycles. The summed E-state index contributed by atoms with van der Waals surface area (Å²) >= 11 is 0. The molecule has 2 atom stereocenters. The van der Waals surface area contributed by atoms with E-state index in [1.54, 1.807) is 6.07 Å². The molecule has 3 nitrogen and oxygen atoms in total. The van der Waals surface area contributed by atoms with E-state index in [1.165, 1.54) is 32.4 Å². The van der Waals surface area contributed by atoms with Crippen molar-refractivity contribution in [1.82, 2.24) is 0 Å². The van der Waals surface area contributed by atoms with Gasteiger partial charge in [0.15, 0.2) is 11.6 Å². The average molecular weight is 279 g/mol. The van der Waals surface area contributed by atoms with Crippen LogP contribution in [0, 0.1) is 11.2 Å². The molecule has 4 heteroatoms. The summed E-state index contributed by atoms with van der Waals surface area (Å²) in [7, 11) is 1.48. The minimum absolute atomic E-state index is 0.284. The van der Waals surface area contributed by atoms with Crippen LogP contribution >= 0.6 is 0 Å². The van der Waals surface area contributed by atoms with Gasteiger partial charge in [-0.2, -0.15) is 0 Å². The van der Waals surface area contributed by atoms with E-state index in [2.05, 4.69) is 5.32 Å². The lowest BCUT2D eigenvalue weighted by Gasteiger charge is -2.61. The van der Waals surface area contributed by atoms with Gasteiger partial charge < -0.3 is 14.8 Å². The van der Waals surface area contributed by atoms with E-state index in [9.17, 15) is 4.39 Å². The molecule has 0 aromatic heterocycles. The van der Waals surface area contributed by atoms with Crippen molar-refractivity contribution in [3.8, 4) is 5.75 Å². The van der Waals surface area contributed by atoms with E-state index >= 15 is 0 Å². The van der Waals surface area contributed by atoms with Gasteiger partial charge in [0.05, 0.1) is 13.2 Å². The molecule has 2 unspecified atom stereocenters. The van der Waals surface area contributed by atoms with E-state index in [-0.39, 0.29) is 17.0 Å². The van der Waals surface area contributed by atoms with Crippen molar-refractivity contribution >= 4 is 5.69 Å². The Labute approximate surface area is 119 Å². The first-order valence-corrected chi connectivity index (χ1v) is 7.41. The van der Waals surface area contributed by atoms with E-state index < -0.39 is 0 Å². The Bertz CT molecular complexity index is 487. The van der Waals surface area contributed by atoms with Crippen LogP contribution in [-0.2, 0) is 4.74 Å². The Hall–Kier alpha value is -1.29. The first kappa shape index (κ1) is 13.7. The third-order valence-electron chi connectivity index (χ3n) is 4.93. The molecule has 1 aromatic rings. The molecule has 0 heterocycles. The van der Waals surface area contributed by atoms with Crippen LogP contribution in [0.3, 0.4) is 0 Å². The molecule has 0 bridgehead atoms. The summed E-state index contributed by atoms with van der Waals surface area (Å²) in [6.45, 7) is 2.82. The summed E-state index contributed by atoms with van der Waals surface area (Å²) in [4.78, 5) is 0. The highest BCUT2D eigenvalue weighted by Gasteiger charge is 2.58. The van der Waals surface area contributed by atoms with Crippen molar-refractivity contribution in [2.75, 3.05) is 19.0 Å². The zero-order valence-corrected chi connectivity index (χ0v) is 12.1. The molecular formula is C16H22FNO2. The third kappa shape index (κ3) is 2.06. The van der Waals surface area contributed by atoms with Crippen molar-refractivity contribution in [3.05, 3.63) is 24.0 Å². The van der Waals surface area contributed by atoms with Crippen LogP contribution in [0.15, 0.2) is 18.2 Å². The minimum atomic E-state index is -0.319. The number of nitrogens with one attached hydrogen (secondary N) is 1. The van der Waals surface area contributed by atoms with Crippen molar-refractivity contribution in [2.45, 2.75) is 44.8 Å². The van der Waals surface area contributed by atoms with Crippen LogP contribution in [0.2, 0.25) is 0 Å². The Kier molecular flexibility index (Phi) is 3.59. The Morgan fingerprint density at radius 1 is 1.40 bits per heavy atom. The van der Waals surface area contributed by atoms with Crippen LogP contribution in [-0.4, -0.2) is 25.9 Å². The van der Waals surface area contributed by atoms with Gasteiger partial charge in [-0.1, -0.05) is 6.42 Å². The lowest BCUT2D eigenvalue weighted by atomic mass is 9.51. The number of anilines is 1. The summed E-state index contributed by atoms with van der Waals surface area (Å²) in [5, 5.41) is 3.48. The van der Waals surface area contributed by atoms with Crippen molar-refractivity contribution < 1.29 is 13.9 Å². The smallest absolute Gasteiger partial charge is 0.167 e. The number of hydrogen-bond acceptors (Lipinski definition) is 3. The number of methoxy groups -OCH3 is 1.